The molecule has 1 fully saturated rings. The van der Waals surface area contributed by atoms with Gasteiger partial charge in [0.2, 0.25) is 0 Å². The number of aliphatic hydroxyl groups excluding tert-OH is 1. The first kappa shape index (κ1) is 26.7. The number of nitrogens with one attached hydrogen (secondary N) is 1. The molecule has 1 aromatic carbocycles. The Balaban J connectivity index is 1.99. The Morgan fingerprint density at radius 3 is 2.42 bits per heavy atom. The molecular weight excluding hydrogens is 466 g/mol. The molecule has 1 unspecified atom stereocenters. The van der Waals surface area contributed by atoms with E-state index in [0.717, 1.165) is 0 Å². The number of hydrogen-bond donors (Lipinski definition) is 3. The summed E-state index contributed by atoms with van der Waals surface area (Å²) in [6.07, 6.45) is 0.177. The fourth-order valence-electron chi connectivity index (χ4n) is 3.81. The molecule has 1 aliphatic heterocycles. The minimum absolute atomic E-state index is 0.113. The fourth-order valence-corrected chi connectivity index (χ4v) is 3.81. The van der Waals surface area contributed by atoms with E-state index in [1.165, 1.54) is 0 Å². The third-order valence-electron chi connectivity index (χ3n) is 5.40. The molecule has 1 aromatic heterocycles. The van der Waals surface area contributed by atoms with Crippen molar-refractivity contribution >= 4 is 17.8 Å². The van der Waals surface area contributed by atoms with E-state index in [9.17, 15) is 14.7 Å². The van der Waals surface area contributed by atoms with E-state index in [4.69, 9.17) is 19.9 Å². The molecule has 36 heavy (non-hydrogen) atoms. The third kappa shape index (κ3) is 6.40. The highest BCUT2D eigenvalue weighted by molar-refractivity contribution is 6.00. The summed E-state index contributed by atoms with van der Waals surface area (Å²) in [4.78, 5) is 26.6. The van der Waals surface area contributed by atoms with Gasteiger partial charge in [-0.15, -0.1) is 0 Å². The second-order valence-corrected chi connectivity index (χ2v) is 9.25. The highest BCUT2D eigenvalue weighted by Gasteiger charge is 2.34. The van der Waals surface area contributed by atoms with Crippen LogP contribution in [0.3, 0.4) is 0 Å². The lowest BCUT2D eigenvalue weighted by molar-refractivity contribution is 0.0288. The van der Waals surface area contributed by atoms with Crippen LogP contribution >= 0.6 is 0 Å². The van der Waals surface area contributed by atoms with Crippen molar-refractivity contribution in [3.63, 3.8) is 0 Å². The lowest BCUT2D eigenvalue weighted by Crippen LogP contribution is -2.35. The van der Waals surface area contributed by atoms with E-state index in [0.29, 0.717) is 42.4 Å². The topological polar surface area (TPSA) is 141 Å². The van der Waals surface area contributed by atoms with Gasteiger partial charge in [-0.25, -0.2) is 9.48 Å². The van der Waals surface area contributed by atoms with Crippen molar-refractivity contribution in [2.24, 2.45) is 5.73 Å². The number of ether oxygens (including phenoxy) is 3. The summed E-state index contributed by atoms with van der Waals surface area (Å²) in [5, 5.41) is 17.0. The van der Waals surface area contributed by atoms with E-state index in [1.54, 1.807) is 42.0 Å². The Morgan fingerprint density at radius 2 is 1.86 bits per heavy atom. The molecule has 1 atom stereocenters. The van der Waals surface area contributed by atoms with Gasteiger partial charge in [0.1, 0.15) is 28.5 Å². The van der Waals surface area contributed by atoms with E-state index >= 15 is 0 Å². The predicted octanol–water partition coefficient (Wildman–Crippen LogP) is 1.99. The summed E-state index contributed by atoms with van der Waals surface area (Å²) < 4.78 is 17.7. The number of benzene rings is 1. The molecule has 4 N–H and O–H groups in total. The van der Waals surface area contributed by atoms with Crippen molar-refractivity contribution in [1.82, 2.24) is 14.7 Å². The number of aliphatic hydroxyl groups is 1. The molecule has 11 nitrogen and oxygen atoms in total. The zero-order valence-corrected chi connectivity index (χ0v) is 21.3. The fraction of sp³-hybridized carbons (Fsp3) is 0.480. The normalized spacial score (nSPS) is 15.2. The van der Waals surface area contributed by atoms with Gasteiger partial charge in [-0.2, -0.15) is 5.10 Å². The van der Waals surface area contributed by atoms with Crippen LogP contribution in [0, 0.1) is 11.8 Å². The van der Waals surface area contributed by atoms with Gasteiger partial charge in [0.25, 0.3) is 5.91 Å². The van der Waals surface area contributed by atoms with Crippen LogP contribution in [0.25, 0.3) is 0 Å². The van der Waals surface area contributed by atoms with Crippen LogP contribution < -0.4 is 20.5 Å². The number of carbonyl (C=O) groups excluding carboxylic acids is 2. The molecule has 0 spiro atoms. The number of likely N-dealkylation sites (tertiary alicyclic amines) is 1. The smallest absolute Gasteiger partial charge is 0.410 e. The highest BCUT2D eigenvalue weighted by Crippen LogP contribution is 2.30. The maximum Gasteiger partial charge on any atom is 0.410 e. The molecule has 0 bridgehead atoms. The van der Waals surface area contributed by atoms with Gasteiger partial charge in [-0.05, 0) is 45.2 Å². The highest BCUT2D eigenvalue weighted by atomic mass is 16.6. The standard InChI is InChI=1S/C25H33N5O6/c1-25(2,3)36-24(33)29-10-8-17(15-29)30-23(27-9-11-31)21(22(26)32)20(28-30)7-6-16-12-18(34-4)14-19(13-16)35-5/h12-14,17,27,31H,8-11,15H2,1-5H3,(H2,26,32). The van der Waals surface area contributed by atoms with Gasteiger partial charge in [0.05, 0.1) is 26.9 Å². The summed E-state index contributed by atoms with van der Waals surface area (Å²) >= 11 is 0. The van der Waals surface area contributed by atoms with Crippen molar-refractivity contribution < 1.29 is 28.9 Å². The van der Waals surface area contributed by atoms with Crippen molar-refractivity contribution in [3.05, 3.63) is 35.0 Å². The minimum Gasteiger partial charge on any atom is -0.497 e. The lowest BCUT2D eigenvalue weighted by Gasteiger charge is -2.24. The van der Waals surface area contributed by atoms with Gasteiger partial charge in [0, 0.05) is 31.3 Å². The van der Waals surface area contributed by atoms with Gasteiger partial charge in [-0.1, -0.05) is 5.92 Å². The summed E-state index contributed by atoms with van der Waals surface area (Å²) in [5.74, 6) is 6.70. The molecule has 2 aromatic rings. The molecule has 11 heteroatoms. The Labute approximate surface area is 210 Å². The first-order valence-corrected chi connectivity index (χ1v) is 11.6. The number of methoxy groups -OCH3 is 2. The molecule has 2 amide bonds. The minimum atomic E-state index is -0.712. The van der Waals surface area contributed by atoms with Crippen LogP contribution in [0.2, 0.25) is 0 Å². The number of hydrogen-bond acceptors (Lipinski definition) is 8. The van der Waals surface area contributed by atoms with E-state index in [2.05, 4.69) is 22.3 Å². The molecule has 1 aliphatic rings. The average molecular weight is 500 g/mol. The Bertz CT molecular complexity index is 1150. The molecule has 3 rings (SSSR count). The Hall–Kier alpha value is -3.91. The number of nitrogens with zero attached hydrogens (tertiary/aromatic N) is 3. The van der Waals surface area contributed by atoms with Crippen molar-refractivity contribution in [2.75, 3.05) is 45.8 Å². The number of anilines is 1. The number of amides is 2. The van der Waals surface area contributed by atoms with Gasteiger partial charge < -0.3 is 35.3 Å². The van der Waals surface area contributed by atoms with Gasteiger partial charge >= 0.3 is 6.09 Å². The number of aromatic nitrogens is 2. The second-order valence-electron chi connectivity index (χ2n) is 9.25. The molecular formula is C25H33N5O6. The number of nitrogens with two attached hydrogens (primary N) is 1. The molecule has 0 aliphatic carbocycles. The summed E-state index contributed by atoms with van der Waals surface area (Å²) in [7, 11) is 3.08. The molecule has 2 heterocycles. The van der Waals surface area contributed by atoms with E-state index in [1.807, 2.05) is 20.8 Å². The summed E-state index contributed by atoms with van der Waals surface area (Å²) in [6, 6.07) is 4.94. The van der Waals surface area contributed by atoms with Crippen LogP contribution in [-0.4, -0.2) is 77.8 Å². The third-order valence-corrected chi connectivity index (χ3v) is 5.40. The molecule has 0 saturated carbocycles. The van der Waals surface area contributed by atoms with Crippen LogP contribution in [0.15, 0.2) is 18.2 Å². The zero-order chi connectivity index (χ0) is 26.5. The first-order valence-electron chi connectivity index (χ1n) is 11.6. The van der Waals surface area contributed by atoms with Crippen molar-refractivity contribution in [1.29, 1.82) is 0 Å². The average Bonchev–Trinajstić information content (AvgIpc) is 3.45. The predicted molar refractivity (Wildman–Crippen MR) is 133 cm³/mol. The maximum absolute atomic E-state index is 12.5. The number of carbonyl (C=O) groups is 2. The first-order chi connectivity index (χ1) is 17.1. The Morgan fingerprint density at radius 1 is 1.19 bits per heavy atom. The quantitative estimate of drug-likeness (QED) is 0.491. The van der Waals surface area contributed by atoms with Crippen LogP contribution in [-0.2, 0) is 4.74 Å². The van der Waals surface area contributed by atoms with Gasteiger partial charge in [0.15, 0.2) is 5.69 Å². The number of primary amides is 1. The second kappa shape index (κ2) is 11.2. The SMILES string of the molecule is COc1cc(C#Cc2nn(C3CCN(C(=O)OC(C)(C)C)C3)c(NCCO)c2C(N)=O)cc(OC)c1. The summed E-state index contributed by atoms with van der Waals surface area (Å²) in [5.41, 5.74) is 5.99. The van der Waals surface area contributed by atoms with Crippen LogP contribution in [0.1, 0.15) is 54.8 Å². The molecule has 0 radical (unpaired) electrons. The lowest BCUT2D eigenvalue weighted by atomic mass is 10.1. The number of rotatable bonds is 7. The summed E-state index contributed by atoms with van der Waals surface area (Å²) in [6.45, 7) is 6.25. The monoisotopic (exact) mass is 499 g/mol. The van der Waals surface area contributed by atoms with Crippen molar-refractivity contribution in [2.45, 2.75) is 38.8 Å². The molecule has 194 valence electrons. The largest absolute Gasteiger partial charge is 0.497 e. The maximum atomic E-state index is 12.5. The molecule has 1 saturated heterocycles. The van der Waals surface area contributed by atoms with E-state index in [-0.39, 0.29) is 30.5 Å². The van der Waals surface area contributed by atoms with Crippen LogP contribution in [0.5, 0.6) is 11.5 Å². The zero-order valence-electron chi connectivity index (χ0n) is 21.3. The Kier molecular flexibility index (Phi) is 8.32. The van der Waals surface area contributed by atoms with E-state index < -0.39 is 17.6 Å². The van der Waals surface area contributed by atoms with Crippen molar-refractivity contribution in [3.8, 4) is 23.3 Å². The van der Waals surface area contributed by atoms with Crippen LogP contribution in [0.4, 0.5) is 10.6 Å². The van der Waals surface area contributed by atoms with Gasteiger partial charge in [-0.3, -0.25) is 4.79 Å².